The van der Waals surface area contributed by atoms with Crippen LogP contribution in [0.1, 0.15) is 34.5 Å². The summed E-state index contributed by atoms with van der Waals surface area (Å²) in [5.74, 6) is -0.145. The van der Waals surface area contributed by atoms with Crippen LogP contribution in [0.5, 0.6) is 5.75 Å². The number of carbonyl (C=O) groups is 2. The lowest BCUT2D eigenvalue weighted by Gasteiger charge is -2.15. The Balaban J connectivity index is 1.87. The van der Waals surface area contributed by atoms with Gasteiger partial charge in [-0.05, 0) is 43.7 Å². The first-order chi connectivity index (χ1) is 11.5. The number of carbonyl (C=O) groups excluding carboxylic acids is 2. The Hall–Kier alpha value is -2.82. The number of amides is 1. The first-order valence-electron chi connectivity index (χ1n) is 7.66. The summed E-state index contributed by atoms with van der Waals surface area (Å²) in [7, 11) is 1.59. The van der Waals surface area contributed by atoms with Crippen molar-refractivity contribution in [2.75, 3.05) is 13.7 Å². The Morgan fingerprint density at radius 3 is 2.58 bits per heavy atom. The Kier molecular flexibility index (Phi) is 5.95. The van der Waals surface area contributed by atoms with Crippen LogP contribution < -0.4 is 10.1 Å². The molecule has 2 aromatic carbocycles. The highest BCUT2D eigenvalue weighted by atomic mass is 16.5. The molecule has 0 bridgehead atoms. The van der Waals surface area contributed by atoms with Gasteiger partial charge in [0.25, 0.3) is 5.91 Å². The van der Waals surface area contributed by atoms with Crippen molar-refractivity contribution in [3.63, 3.8) is 0 Å². The summed E-state index contributed by atoms with van der Waals surface area (Å²) in [5.41, 5.74) is 2.30. The molecule has 0 radical (unpaired) electrons. The second-order valence-corrected chi connectivity index (χ2v) is 5.51. The van der Waals surface area contributed by atoms with Crippen LogP contribution in [0.15, 0.2) is 48.5 Å². The molecule has 0 aliphatic rings. The lowest BCUT2D eigenvalue weighted by molar-refractivity contribution is -0.124. The molecule has 2 aromatic rings. The molecule has 1 N–H and O–H groups in total. The number of esters is 1. The van der Waals surface area contributed by atoms with Crippen LogP contribution in [0, 0.1) is 6.92 Å². The van der Waals surface area contributed by atoms with Gasteiger partial charge in [-0.15, -0.1) is 0 Å². The molecule has 0 aromatic heterocycles. The Morgan fingerprint density at radius 2 is 1.88 bits per heavy atom. The largest absolute Gasteiger partial charge is 0.497 e. The van der Waals surface area contributed by atoms with Gasteiger partial charge in [0.05, 0.1) is 18.7 Å². The van der Waals surface area contributed by atoms with Crippen LogP contribution in [0.25, 0.3) is 0 Å². The van der Waals surface area contributed by atoms with E-state index in [-0.39, 0.29) is 18.6 Å². The minimum Gasteiger partial charge on any atom is -0.497 e. The number of hydrogen-bond donors (Lipinski definition) is 1. The van der Waals surface area contributed by atoms with E-state index in [0.717, 1.165) is 16.9 Å². The molecule has 0 saturated heterocycles. The van der Waals surface area contributed by atoms with Crippen molar-refractivity contribution < 1.29 is 19.1 Å². The van der Waals surface area contributed by atoms with Gasteiger partial charge in [0.15, 0.2) is 6.61 Å². The minimum atomic E-state index is -0.511. The summed E-state index contributed by atoms with van der Waals surface area (Å²) >= 11 is 0. The molecule has 24 heavy (non-hydrogen) atoms. The van der Waals surface area contributed by atoms with E-state index in [2.05, 4.69) is 5.32 Å². The molecule has 0 heterocycles. The molecule has 0 aliphatic heterocycles. The summed E-state index contributed by atoms with van der Waals surface area (Å²) in [4.78, 5) is 23.9. The van der Waals surface area contributed by atoms with Crippen molar-refractivity contribution in [1.29, 1.82) is 0 Å². The molecular weight excluding hydrogens is 306 g/mol. The van der Waals surface area contributed by atoms with Crippen molar-refractivity contribution >= 4 is 11.9 Å². The molecule has 0 spiro atoms. The van der Waals surface area contributed by atoms with Crippen molar-refractivity contribution in [2.24, 2.45) is 0 Å². The topological polar surface area (TPSA) is 64.6 Å². The molecule has 1 amide bonds. The van der Waals surface area contributed by atoms with E-state index < -0.39 is 5.97 Å². The maximum absolute atomic E-state index is 12.0. The Morgan fingerprint density at radius 1 is 1.12 bits per heavy atom. The number of methoxy groups -OCH3 is 1. The number of hydrogen-bond acceptors (Lipinski definition) is 4. The van der Waals surface area contributed by atoms with Crippen LogP contribution in [0.4, 0.5) is 0 Å². The van der Waals surface area contributed by atoms with Crippen molar-refractivity contribution in [1.82, 2.24) is 5.32 Å². The third-order valence-electron chi connectivity index (χ3n) is 3.56. The zero-order valence-corrected chi connectivity index (χ0v) is 14.0. The fourth-order valence-corrected chi connectivity index (χ4v) is 2.26. The van der Waals surface area contributed by atoms with Crippen molar-refractivity contribution in [3.8, 4) is 5.75 Å². The van der Waals surface area contributed by atoms with Crippen LogP contribution in [-0.2, 0) is 9.53 Å². The van der Waals surface area contributed by atoms with Gasteiger partial charge < -0.3 is 14.8 Å². The van der Waals surface area contributed by atoms with Gasteiger partial charge in [-0.3, -0.25) is 4.79 Å². The number of benzene rings is 2. The van der Waals surface area contributed by atoms with Gasteiger partial charge >= 0.3 is 5.97 Å². The van der Waals surface area contributed by atoms with Gasteiger partial charge in [0.2, 0.25) is 0 Å². The number of aryl methyl sites for hydroxylation is 1. The predicted octanol–water partition coefficient (Wildman–Crippen LogP) is 3.04. The Labute approximate surface area is 141 Å². The number of ether oxygens (including phenoxy) is 2. The van der Waals surface area contributed by atoms with E-state index in [0.29, 0.717) is 5.56 Å². The van der Waals surface area contributed by atoms with E-state index in [4.69, 9.17) is 9.47 Å². The molecule has 126 valence electrons. The average Bonchev–Trinajstić information content (AvgIpc) is 2.59. The van der Waals surface area contributed by atoms with Crippen LogP contribution >= 0.6 is 0 Å². The van der Waals surface area contributed by atoms with Crippen molar-refractivity contribution in [2.45, 2.75) is 19.9 Å². The van der Waals surface area contributed by atoms with Crippen LogP contribution in [0.2, 0.25) is 0 Å². The molecular formula is C19H21NO4. The lowest BCUT2D eigenvalue weighted by atomic mass is 10.1. The fourth-order valence-electron chi connectivity index (χ4n) is 2.26. The summed E-state index contributed by atoms with van der Waals surface area (Å²) < 4.78 is 10.2. The summed E-state index contributed by atoms with van der Waals surface area (Å²) in [6, 6.07) is 14.3. The third kappa shape index (κ3) is 4.84. The smallest absolute Gasteiger partial charge is 0.338 e. The monoisotopic (exact) mass is 327 g/mol. The van der Waals surface area contributed by atoms with Gasteiger partial charge in [-0.2, -0.15) is 0 Å². The van der Waals surface area contributed by atoms with Crippen LogP contribution in [-0.4, -0.2) is 25.6 Å². The van der Waals surface area contributed by atoms with Gasteiger partial charge in [0.1, 0.15) is 5.75 Å². The summed E-state index contributed by atoms with van der Waals surface area (Å²) in [5, 5.41) is 2.79. The van der Waals surface area contributed by atoms with E-state index in [1.807, 2.05) is 44.2 Å². The maximum Gasteiger partial charge on any atom is 0.338 e. The SMILES string of the molecule is COc1cccc(C(C)NC(=O)COC(=O)c2cccc(C)c2)c1. The van der Waals surface area contributed by atoms with Gasteiger partial charge in [0, 0.05) is 0 Å². The van der Waals surface area contributed by atoms with Gasteiger partial charge in [-0.25, -0.2) is 4.79 Å². The predicted molar refractivity (Wildman–Crippen MR) is 91.0 cm³/mol. The zero-order chi connectivity index (χ0) is 17.5. The Bertz CT molecular complexity index is 727. The second kappa shape index (κ2) is 8.15. The fraction of sp³-hybridized carbons (Fsp3) is 0.263. The highest BCUT2D eigenvalue weighted by Gasteiger charge is 2.13. The van der Waals surface area contributed by atoms with Crippen molar-refractivity contribution in [3.05, 3.63) is 65.2 Å². The number of nitrogens with one attached hydrogen (secondary N) is 1. The first kappa shape index (κ1) is 17.5. The summed E-state index contributed by atoms with van der Waals surface area (Å²) in [6.07, 6.45) is 0. The van der Waals surface area contributed by atoms with E-state index in [1.165, 1.54) is 0 Å². The maximum atomic E-state index is 12.0. The van der Waals surface area contributed by atoms with Gasteiger partial charge in [-0.1, -0.05) is 29.8 Å². The summed E-state index contributed by atoms with van der Waals surface area (Å²) in [6.45, 7) is 3.43. The average molecular weight is 327 g/mol. The second-order valence-electron chi connectivity index (χ2n) is 5.51. The number of rotatable bonds is 6. The lowest BCUT2D eigenvalue weighted by Crippen LogP contribution is -2.31. The van der Waals surface area contributed by atoms with E-state index in [1.54, 1.807) is 25.3 Å². The zero-order valence-electron chi connectivity index (χ0n) is 14.0. The molecule has 1 unspecified atom stereocenters. The molecule has 1 atom stereocenters. The highest BCUT2D eigenvalue weighted by Crippen LogP contribution is 2.18. The normalized spacial score (nSPS) is 11.5. The molecule has 5 heteroatoms. The molecule has 0 fully saturated rings. The quantitative estimate of drug-likeness (QED) is 0.828. The van der Waals surface area contributed by atoms with E-state index >= 15 is 0 Å². The molecule has 2 rings (SSSR count). The molecule has 0 aliphatic carbocycles. The molecule has 5 nitrogen and oxygen atoms in total. The van der Waals surface area contributed by atoms with E-state index in [9.17, 15) is 9.59 Å². The minimum absolute atomic E-state index is 0.217. The highest BCUT2D eigenvalue weighted by molar-refractivity contribution is 5.91. The standard InChI is InChI=1S/C19H21NO4/c1-13-6-4-8-16(10-13)19(22)24-12-18(21)20-14(2)15-7-5-9-17(11-15)23-3/h4-11,14H,12H2,1-3H3,(H,20,21). The van der Waals surface area contributed by atoms with Crippen LogP contribution in [0.3, 0.4) is 0 Å². The third-order valence-corrected chi connectivity index (χ3v) is 3.56. The molecule has 0 saturated carbocycles. The first-order valence-corrected chi connectivity index (χ1v) is 7.66.